The number of unbranched alkanes of at least 4 members (excludes halogenated alkanes) is 3. The average Bonchev–Trinajstić information content (AvgIpc) is 3.60. The Bertz CT molecular complexity index is 1450. The Morgan fingerprint density at radius 2 is 1.74 bits per heavy atom. The van der Waals surface area contributed by atoms with E-state index in [0.29, 0.717) is 49.6 Å². The van der Waals surface area contributed by atoms with Crippen LogP contribution in [0.5, 0.6) is 0 Å². The molecule has 246 valence electrons. The van der Waals surface area contributed by atoms with Crippen molar-refractivity contribution in [2.24, 2.45) is 11.8 Å². The number of thioether (sulfide) groups is 1. The van der Waals surface area contributed by atoms with Crippen molar-refractivity contribution < 1.29 is 19.5 Å². The maximum Gasteiger partial charge on any atom is 0.251 e. The minimum atomic E-state index is -0.745. The molecule has 1 N–H and O–H groups in total. The number of halogens is 1. The molecule has 2 bridgehead atoms. The van der Waals surface area contributed by atoms with Crippen LogP contribution in [-0.4, -0.2) is 74.4 Å². The number of likely N-dealkylation sites (tertiary alicyclic amines) is 1. The standard InChI is InChI=1S/C37H46ClN3O4S/c1-5-21-39(25-27-16-10-9-11-17-27)33(43)29-30-34(44)41(23-12-7-8-13-24-42)32(37(30)20-19-36(29,4)46-37)35(45)40(22-6-2)31-26(3)15-14-18-28(31)38/h5-6,9-11,14-18,29-30,32,42H,1-2,7-8,12-13,19-25H2,3-4H3/t29-,30-,32?,36+,37?/m0/s1. The zero-order valence-corrected chi connectivity index (χ0v) is 28.6. The minimum absolute atomic E-state index is 0.0560. The van der Waals surface area contributed by atoms with E-state index in [1.165, 1.54) is 0 Å². The van der Waals surface area contributed by atoms with Crippen LogP contribution in [-0.2, 0) is 20.9 Å². The molecule has 2 unspecified atom stereocenters. The molecule has 2 aromatic carbocycles. The first kappa shape index (κ1) is 34.3. The number of hydrogen-bond donors (Lipinski definition) is 1. The molecule has 3 aliphatic rings. The minimum Gasteiger partial charge on any atom is -0.396 e. The largest absolute Gasteiger partial charge is 0.396 e. The third-order valence-corrected chi connectivity index (χ3v) is 12.3. The van der Waals surface area contributed by atoms with Crippen molar-refractivity contribution in [3.63, 3.8) is 0 Å². The molecule has 9 heteroatoms. The number of para-hydroxylation sites is 1. The summed E-state index contributed by atoms with van der Waals surface area (Å²) in [6, 6.07) is 14.7. The summed E-state index contributed by atoms with van der Waals surface area (Å²) in [6.45, 7) is 13.5. The second-order valence-electron chi connectivity index (χ2n) is 13.0. The van der Waals surface area contributed by atoms with Crippen LogP contribution >= 0.6 is 23.4 Å². The number of aliphatic hydroxyl groups excluding tert-OH is 1. The number of rotatable bonds is 15. The Balaban J connectivity index is 1.55. The van der Waals surface area contributed by atoms with E-state index >= 15 is 0 Å². The van der Waals surface area contributed by atoms with Crippen molar-refractivity contribution in [1.29, 1.82) is 0 Å². The first-order valence-electron chi connectivity index (χ1n) is 16.4. The van der Waals surface area contributed by atoms with Gasteiger partial charge in [-0.2, -0.15) is 0 Å². The fourth-order valence-corrected chi connectivity index (χ4v) is 10.7. The zero-order chi connectivity index (χ0) is 33.1. The Kier molecular flexibility index (Phi) is 10.7. The second-order valence-corrected chi connectivity index (χ2v) is 15.3. The first-order valence-corrected chi connectivity index (χ1v) is 17.6. The Morgan fingerprint density at radius 3 is 2.41 bits per heavy atom. The molecule has 0 aliphatic carbocycles. The van der Waals surface area contributed by atoms with Crippen molar-refractivity contribution in [3.05, 3.63) is 90.0 Å². The molecular weight excluding hydrogens is 618 g/mol. The highest BCUT2D eigenvalue weighted by Crippen LogP contribution is 2.71. The lowest BCUT2D eigenvalue weighted by molar-refractivity contribution is -0.145. The van der Waals surface area contributed by atoms with Crippen LogP contribution in [0, 0.1) is 18.8 Å². The van der Waals surface area contributed by atoms with Gasteiger partial charge in [0.1, 0.15) is 6.04 Å². The molecule has 0 saturated carbocycles. The summed E-state index contributed by atoms with van der Waals surface area (Å²) in [7, 11) is 0. The summed E-state index contributed by atoms with van der Waals surface area (Å²) in [5.74, 6) is -1.52. The topological polar surface area (TPSA) is 81.2 Å². The van der Waals surface area contributed by atoms with Gasteiger partial charge in [-0.25, -0.2) is 0 Å². The summed E-state index contributed by atoms with van der Waals surface area (Å²) in [5, 5.41) is 9.75. The van der Waals surface area contributed by atoms with Gasteiger partial charge >= 0.3 is 0 Å². The predicted octanol–water partition coefficient (Wildman–Crippen LogP) is 6.42. The highest BCUT2D eigenvalue weighted by Gasteiger charge is 2.77. The summed E-state index contributed by atoms with van der Waals surface area (Å²) in [4.78, 5) is 49.6. The van der Waals surface area contributed by atoms with Gasteiger partial charge in [-0.15, -0.1) is 24.9 Å². The zero-order valence-electron chi connectivity index (χ0n) is 27.0. The number of hydrogen-bond acceptors (Lipinski definition) is 5. The molecular formula is C37H46ClN3O4S. The number of nitrogens with zero attached hydrogens (tertiary/aromatic N) is 3. The van der Waals surface area contributed by atoms with Crippen molar-refractivity contribution in [2.45, 2.75) is 74.5 Å². The second kappa shape index (κ2) is 14.4. The molecule has 3 aliphatic heterocycles. The van der Waals surface area contributed by atoms with E-state index in [1.807, 2.05) is 54.3 Å². The third-order valence-electron chi connectivity index (χ3n) is 10.00. The van der Waals surface area contributed by atoms with E-state index in [-0.39, 0.29) is 30.9 Å². The first-order chi connectivity index (χ1) is 22.1. The molecule has 5 atom stereocenters. The smallest absolute Gasteiger partial charge is 0.251 e. The average molecular weight is 664 g/mol. The Hall–Kier alpha value is -3.07. The van der Waals surface area contributed by atoms with Crippen molar-refractivity contribution in [2.75, 3.05) is 31.1 Å². The fourth-order valence-electron chi connectivity index (χ4n) is 7.99. The summed E-state index contributed by atoms with van der Waals surface area (Å²) in [5.41, 5.74) is 2.50. The molecule has 7 nitrogen and oxygen atoms in total. The van der Waals surface area contributed by atoms with Crippen LogP contribution in [0.15, 0.2) is 73.8 Å². The van der Waals surface area contributed by atoms with Crippen molar-refractivity contribution in [3.8, 4) is 0 Å². The van der Waals surface area contributed by atoms with Crippen LogP contribution < -0.4 is 4.90 Å². The van der Waals surface area contributed by atoms with Gasteiger partial charge in [0.25, 0.3) is 5.91 Å². The molecule has 0 radical (unpaired) electrons. The fraction of sp³-hybridized carbons (Fsp3) is 0.486. The van der Waals surface area contributed by atoms with E-state index in [9.17, 15) is 19.5 Å². The van der Waals surface area contributed by atoms with Gasteiger partial charge in [0.05, 0.1) is 27.3 Å². The van der Waals surface area contributed by atoms with E-state index in [0.717, 1.165) is 30.4 Å². The van der Waals surface area contributed by atoms with Gasteiger partial charge in [-0.3, -0.25) is 14.4 Å². The Labute approximate surface area is 282 Å². The number of amides is 3. The molecule has 3 heterocycles. The van der Waals surface area contributed by atoms with Crippen LogP contribution in [0.4, 0.5) is 5.69 Å². The van der Waals surface area contributed by atoms with E-state index in [4.69, 9.17) is 11.6 Å². The predicted molar refractivity (Wildman–Crippen MR) is 187 cm³/mol. The van der Waals surface area contributed by atoms with Crippen LogP contribution in [0.2, 0.25) is 5.02 Å². The van der Waals surface area contributed by atoms with Gasteiger partial charge < -0.3 is 19.8 Å². The number of aryl methyl sites for hydroxylation is 1. The molecule has 2 aromatic rings. The van der Waals surface area contributed by atoms with Gasteiger partial charge in [0.15, 0.2) is 0 Å². The number of carbonyl (C=O) groups excluding carboxylic acids is 3. The van der Waals surface area contributed by atoms with Crippen LogP contribution in [0.1, 0.15) is 56.6 Å². The summed E-state index contributed by atoms with van der Waals surface area (Å²) in [6.07, 6.45) is 7.93. The van der Waals surface area contributed by atoms with Gasteiger partial charge in [0, 0.05) is 37.5 Å². The summed E-state index contributed by atoms with van der Waals surface area (Å²) >= 11 is 8.41. The van der Waals surface area contributed by atoms with Gasteiger partial charge in [-0.1, -0.05) is 79.1 Å². The molecule has 3 saturated heterocycles. The Morgan fingerprint density at radius 1 is 1.02 bits per heavy atom. The van der Waals surface area contributed by atoms with Crippen molar-refractivity contribution >= 4 is 46.8 Å². The van der Waals surface area contributed by atoms with Gasteiger partial charge in [0.2, 0.25) is 11.8 Å². The molecule has 46 heavy (non-hydrogen) atoms. The number of aliphatic hydroxyl groups is 1. The SMILES string of the molecule is C=CCN(Cc1ccccc1)C(=O)[C@@H]1[C@H]2C(=O)N(CCCCCCO)C(C(=O)N(CC=C)c3c(C)cccc3Cl)C23CC[C@@]1(C)S3. The number of carbonyl (C=O) groups is 3. The monoisotopic (exact) mass is 663 g/mol. The lowest BCUT2D eigenvalue weighted by Crippen LogP contribution is -2.55. The number of fused-ring (bicyclic) bond motifs is 1. The van der Waals surface area contributed by atoms with E-state index in [2.05, 4.69) is 20.1 Å². The molecule has 1 spiro atoms. The maximum atomic E-state index is 15.0. The quantitative estimate of drug-likeness (QED) is 0.176. The lowest BCUT2D eigenvalue weighted by atomic mass is 9.66. The molecule has 5 rings (SSSR count). The van der Waals surface area contributed by atoms with Gasteiger partial charge in [-0.05, 0) is 56.7 Å². The lowest BCUT2D eigenvalue weighted by Gasteiger charge is -2.38. The highest BCUT2D eigenvalue weighted by molar-refractivity contribution is 8.02. The van der Waals surface area contributed by atoms with E-state index < -0.39 is 27.4 Å². The number of benzene rings is 2. The van der Waals surface area contributed by atoms with E-state index in [1.54, 1.807) is 39.8 Å². The van der Waals surface area contributed by atoms with Crippen LogP contribution in [0.3, 0.4) is 0 Å². The molecule has 0 aromatic heterocycles. The number of anilines is 1. The molecule has 3 fully saturated rings. The highest BCUT2D eigenvalue weighted by atomic mass is 35.5. The molecule has 3 amide bonds. The maximum absolute atomic E-state index is 15.0. The van der Waals surface area contributed by atoms with Crippen LogP contribution in [0.25, 0.3) is 0 Å². The normalized spacial score (nSPS) is 26.2. The summed E-state index contributed by atoms with van der Waals surface area (Å²) < 4.78 is -1.22. The third kappa shape index (κ3) is 6.16. The van der Waals surface area contributed by atoms with Crippen molar-refractivity contribution in [1.82, 2.24) is 9.80 Å².